The first-order chi connectivity index (χ1) is 25.2. The molecule has 3 aliphatic heterocycles. The first-order valence-electron chi connectivity index (χ1n) is 17.4. The molecule has 0 spiro atoms. The van der Waals surface area contributed by atoms with Gasteiger partial charge in [0, 0.05) is 61.9 Å². The zero-order valence-corrected chi connectivity index (χ0v) is 29.0. The predicted molar refractivity (Wildman–Crippen MR) is 194 cm³/mol. The largest absolute Gasteiger partial charge is 0.508 e. The lowest BCUT2D eigenvalue weighted by atomic mass is 9.92. The van der Waals surface area contributed by atoms with Gasteiger partial charge in [-0.25, -0.2) is 4.39 Å². The number of phenolic OH excluding ortho intramolecular Hbond substituents is 1. The second-order valence-electron chi connectivity index (χ2n) is 13.4. The predicted octanol–water partition coefficient (Wildman–Crippen LogP) is 6.45. The average Bonchev–Trinajstić information content (AvgIpc) is 3.74. The number of phenols is 1. The molecule has 4 heterocycles. The molecule has 1 fully saturated rings. The third kappa shape index (κ3) is 6.26. The number of aromatic hydroxyl groups is 1. The SMILES string of the molecule is Cc1c(C(=O)N(c2ccc(O)cc2)c2cccc(F)c2)cc(-c2cc3c(cc2C(=O)N2Cc4ccccc4C[C@H]2CN2CCOCC2)OCO3)n1C. The van der Waals surface area contributed by atoms with Gasteiger partial charge in [-0.3, -0.25) is 19.4 Å². The second kappa shape index (κ2) is 13.8. The van der Waals surface area contributed by atoms with E-state index in [1.165, 1.54) is 34.7 Å². The maximum atomic E-state index is 15.0. The Morgan fingerprint density at radius 2 is 1.60 bits per heavy atom. The van der Waals surface area contributed by atoms with Crippen molar-refractivity contribution in [2.45, 2.75) is 25.9 Å². The summed E-state index contributed by atoms with van der Waals surface area (Å²) >= 11 is 0. The van der Waals surface area contributed by atoms with Gasteiger partial charge in [0.15, 0.2) is 11.5 Å². The molecule has 0 unspecified atom stereocenters. The van der Waals surface area contributed by atoms with E-state index < -0.39 is 11.7 Å². The van der Waals surface area contributed by atoms with E-state index in [2.05, 4.69) is 17.0 Å². The molecule has 4 aromatic carbocycles. The van der Waals surface area contributed by atoms with Crippen LogP contribution in [-0.2, 0) is 24.8 Å². The highest BCUT2D eigenvalue weighted by Crippen LogP contribution is 2.42. The lowest BCUT2D eigenvalue weighted by molar-refractivity contribution is 0.0193. The number of halogens is 1. The number of aromatic nitrogens is 1. The number of nitrogens with zero attached hydrogens (tertiary/aromatic N) is 4. The van der Waals surface area contributed by atoms with Crippen molar-refractivity contribution in [1.29, 1.82) is 0 Å². The van der Waals surface area contributed by atoms with Crippen molar-refractivity contribution in [2.75, 3.05) is 44.5 Å². The lowest BCUT2D eigenvalue weighted by Gasteiger charge is -2.40. The maximum absolute atomic E-state index is 15.0. The van der Waals surface area contributed by atoms with Crippen LogP contribution in [-0.4, -0.2) is 77.0 Å². The molecule has 1 atom stereocenters. The molecule has 0 saturated carbocycles. The van der Waals surface area contributed by atoms with Crippen LogP contribution in [0.5, 0.6) is 17.2 Å². The van der Waals surface area contributed by atoms with Crippen LogP contribution in [0.4, 0.5) is 15.8 Å². The summed E-state index contributed by atoms with van der Waals surface area (Å²) in [5.41, 5.74) is 5.83. The molecular weight excluding hydrogens is 663 g/mol. The van der Waals surface area contributed by atoms with Crippen molar-refractivity contribution in [1.82, 2.24) is 14.4 Å². The van der Waals surface area contributed by atoms with E-state index in [9.17, 15) is 19.1 Å². The van der Waals surface area contributed by atoms with Crippen molar-refractivity contribution in [3.8, 4) is 28.5 Å². The standard InChI is InChI=1S/C41H39FN4O6/c1-26-34(41(49)46(30-10-12-33(47)13-11-30)31-9-5-8-29(42)19-31)20-37(43(26)2)35-21-38-39(52-25-51-38)22-36(35)40(48)45-23-28-7-4-3-6-27(28)18-32(45)24-44-14-16-50-17-15-44/h3-13,19-22,32,47H,14-18,23-25H2,1-2H3/t32-/m0/s1. The number of fused-ring (bicyclic) bond motifs is 2. The highest BCUT2D eigenvalue weighted by Gasteiger charge is 2.35. The number of carbonyl (C=O) groups excluding carboxylic acids is 2. The zero-order chi connectivity index (χ0) is 35.9. The number of benzene rings is 4. The quantitative estimate of drug-likeness (QED) is 0.208. The molecule has 1 N–H and O–H groups in total. The molecule has 2 amide bonds. The molecule has 11 heteroatoms. The van der Waals surface area contributed by atoms with Gasteiger partial charge in [-0.15, -0.1) is 0 Å². The molecule has 266 valence electrons. The third-order valence-corrected chi connectivity index (χ3v) is 10.4. The minimum atomic E-state index is -0.490. The summed E-state index contributed by atoms with van der Waals surface area (Å²) in [7, 11) is 1.85. The molecule has 52 heavy (non-hydrogen) atoms. The topological polar surface area (TPSA) is 96.7 Å². The lowest BCUT2D eigenvalue weighted by Crippen LogP contribution is -2.52. The number of hydrogen-bond acceptors (Lipinski definition) is 7. The van der Waals surface area contributed by atoms with Crippen LogP contribution in [0.3, 0.4) is 0 Å². The Kier molecular flexibility index (Phi) is 8.90. The van der Waals surface area contributed by atoms with Crippen LogP contribution < -0.4 is 14.4 Å². The number of morpholine rings is 1. The monoisotopic (exact) mass is 702 g/mol. The molecule has 0 bridgehead atoms. The van der Waals surface area contributed by atoms with Crippen LogP contribution in [0.2, 0.25) is 0 Å². The van der Waals surface area contributed by atoms with E-state index >= 15 is 0 Å². The number of carbonyl (C=O) groups is 2. The Bertz CT molecular complexity index is 2160. The van der Waals surface area contributed by atoms with Crippen molar-refractivity contribution in [2.24, 2.45) is 7.05 Å². The van der Waals surface area contributed by atoms with E-state index in [1.807, 2.05) is 41.6 Å². The van der Waals surface area contributed by atoms with Gasteiger partial charge in [-0.2, -0.15) is 0 Å². The first kappa shape index (κ1) is 33.5. The van der Waals surface area contributed by atoms with Gasteiger partial charge in [0.05, 0.1) is 30.0 Å². The fourth-order valence-electron chi connectivity index (χ4n) is 7.45. The van der Waals surface area contributed by atoms with Crippen molar-refractivity contribution in [3.05, 3.63) is 125 Å². The Hall–Kier alpha value is -5.65. The van der Waals surface area contributed by atoms with Gasteiger partial charge >= 0.3 is 0 Å². The molecule has 1 aromatic heterocycles. The number of ether oxygens (including phenoxy) is 3. The molecule has 0 radical (unpaired) electrons. The van der Waals surface area contributed by atoms with Crippen LogP contribution in [0.1, 0.15) is 37.5 Å². The summed E-state index contributed by atoms with van der Waals surface area (Å²) in [5.74, 6) is 0.00715. The molecular formula is C41H39FN4O6. The Morgan fingerprint density at radius 3 is 2.35 bits per heavy atom. The van der Waals surface area contributed by atoms with Gasteiger partial charge in [-0.1, -0.05) is 30.3 Å². The average molecular weight is 703 g/mol. The molecule has 1 saturated heterocycles. The molecule has 3 aliphatic rings. The fraction of sp³-hybridized carbons (Fsp3) is 0.268. The smallest absolute Gasteiger partial charge is 0.264 e. The highest BCUT2D eigenvalue weighted by atomic mass is 19.1. The van der Waals surface area contributed by atoms with Crippen LogP contribution in [0.15, 0.2) is 91.0 Å². The number of anilines is 2. The Morgan fingerprint density at radius 1 is 0.865 bits per heavy atom. The fourth-order valence-corrected chi connectivity index (χ4v) is 7.45. The summed E-state index contributed by atoms with van der Waals surface area (Å²) in [6.45, 7) is 6.01. The minimum absolute atomic E-state index is 0.0360. The van der Waals surface area contributed by atoms with E-state index in [0.717, 1.165) is 31.6 Å². The second-order valence-corrected chi connectivity index (χ2v) is 13.4. The van der Waals surface area contributed by atoms with Gasteiger partial charge in [0.25, 0.3) is 11.8 Å². The summed E-state index contributed by atoms with van der Waals surface area (Å²) in [6.07, 6.45) is 0.730. The highest BCUT2D eigenvalue weighted by molar-refractivity contribution is 6.12. The molecule has 8 rings (SSSR count). The van der Waals surface area contributed by atoms with Gasteiger partial charge in [0.1, 0.15) is 11.6 Å². The molecule has 5 aromatic rings. The Balaban J connectivity index is 1.21. The maximum Gasteiger partial charge on any atom is 0.264 e. The minimum Gasteiger partial charge on any atom is -0.508 e. The number of amides is 2. The van der Waals surface area contributed by atoms with E-state index in [1.54, 1.807) is 36.4 Å². The van der Waals surface area contributed by atoms with Crippen LogP contribution >= 0.6 is 0 Å². The summed E-state index contributed by atoms with van der Waals surface area (Å²) in [4.78, 5) is 35.3. The summed E-state index contributed by atoms with van der Waals surface area (Å²) in [5, 5.41) is 9.97. The van der Waals surface area contributed by atoms with E-state index in [4.69, 9.17) is 14.2 Å². The summed E-state index contributed by atoms with van der Waals surface area (Å²) < 4.78 is 33.6. The normalized spacial score (nSPS) is 16.8. The number of hydrogen-bond donors (Lipinski definition) is 1. The number of rotatable bonds is 7. The zero-order valence-electron chi connectivity index (χ0n) is 29.0. The summed E-state index contributed by atoms with van der Waals surface area (Å²) in [6, 6.07) is 25.5. The van der Waals surface area contributed by atoms with E-state index in [0.29, 0.717) is 70.7 Å². The Labute approximate surface area is 301 Å². The van der Waals surface area contributed by atoms with Gasteiger partial charge in [-0.05, 0) is 85.1 Å². The van der Waals surface area contributed by atoms with Crippen molar-refractivity contribution in [3.63, 3.8) is 0 Å². The van der Waals surface area contributed by atoms with Crippen molar-refractivity contribution >= 4 is 23.2 Å². The van der Waals surface area contributed by atoms with Crippen molar-refractivity contribution < 1.29 is 33.3 Å². The molecule has 0 aliphatic carbocycles. The van der Waals surface area contributed by atoms with Gasteiger partial charge in [0.2, 0.25) is 6.79 Å². The third-order valence-electron chi connectivity index (χ3n) is 10.4. The van der Waals surface area contributed by atoms with Crippen LogP contribution in [0.25, 0.3) is 11.3 Å². The van der Waals surface area contributed by atoms with Crippen LogP contribution in [0, 0.1) is 12.7 Å². The molecule has 10 nitrogen and oxygen atoms in total. The van der Waals surface area contributed by atoms with Gasteiger partial charge < -0.3 is 28.8 Å². The first-order valence-corrected chi connectivity index (χ1v) is 17.4. The van der Waals surface area contributed by atoms with E-state index in [-0.39, 0.29) is 24.5 Å².